The van der Waals surface area contributed by atoms with Gasteiger partial charge in [0.25, 0.3) is 0 Å². The number of aryl methyl sites for hydroxylation is 2. The van der Waals surface area contributed by atoms with Gasteiger partial charge in [-0.15, -0.1) is 0 Å². The molecule has 0 aliphatic carbocycles. The minimum absolute atomic E-state index is 0.103. The highest BCUT2D eigenvalue weighted by Gasteiger charge is 2.31. The minimum atomic E-state index is -0.905. The number of nitrogens with one attached hydrogen (secondary N) is 1. The summed E-state index contributed by atoms with van der Waals surface area (Å²) in [5.74, 6) is -0.238. The molecule has 0 spiro atoms. The molecular weight excluding hydrogens is 294 g/mol. The fourth-order valence-corrected chi connectivity index (χ4v) is 3.20. The van der Waals surface area contributed by atoms with Crippen LogP contribution in [0.2, 0.25) is 0 Å². The molecule has 2 heterocycles. The first-order valence-corrected chi connectivity index (χ1v) is 8.03. The lowest BCUT2D eigenvalue weighted by Gasteiger charge is -2.33. The standard InChI is InChI=1S/C17H21N3O3/c1-11-5-4-6-12-16(11)19-14(18-12)8-9-15(21)20-10-3-2-7-13(20)17(22)23/h4-6,13H,2-3,7-10H2,1H3,(H,18,19)(H,22,23). The molecule has 0 saturated carbocycles. The van der Waals surface area contributed by atoms with Gasteiger partial charge in [0.1, 0.15) is 11.9 Å². The van der Waals surface area contributed by atoms with E-state index in [1.165, 1.54) is 4.90 Å². The molecule has 6 heteroatoms. The van der Waals surface area contributed by atoms with Gasteiger partial charge in [-0.25, -0.2) is 9.78 Å². The quantitative estimate of drug-likeness (QED) is 0.906. The predicted molar refractivity (Wildman–Crippen MR) is 86.1 cm³/mol. The van der Waals surface area contributed by atoms with Gasteiger partial charge in [-0.3, -0.25) is 4.79 Å². The number of carboxylic acids is 1. The molecule has 1 saturated heterocycles. The normalized spacial score (nSPS) is 18.3. The lowest BCUT2D eigenvalue weighted by Crippen LogP contribution is -2.48. The number of H-pyrrole nitrogens is 1. The number of fused-ring (bicyclic) bond motifs is 1. The molecule has 2 aromatic rings. The number of carboxylic acid groups (broad SMARTS) is 1. The Balaban J connectivity index is 1.67. The first-order chi connectivity index (χ1) is 11.1. The fourth-order valence-electron chi connectivity index (χ4n) is 3.20. The Morgan fingerprint density at radius 3 is 2.96 bits per heavy atom. The lowest BCUT2D eigenvalue weighted by atomic mass is 10.0. The van der Waals surface area contributed by atoms with Crippen LogP contribution < -0.4 is 0 Å². The van der Waals surface area contributed by atoms with Crippen LogP contribution in [-0.2, 0) is 16.0 Å². The average molecular weight is 315 g/mol. The number of benzene rings is 1. The topological polar surface area (TPSA) is 86.3 Å². The number of hydrogen-bond acceptors (Lipinski definition) is 3. The van der Waals surface area contributed by atoms with Crippen LogP contribution in [0.4, 0.5) is 0 Å². The Morgan fingerprint density at radius 1 is 1.39 bits per heavy atom. The Labute approximate surface area is 134 Å². The number of amides is 1. The number of likely N-dealkylation sites (tertiary alicyclic amines) is 1. The third-order valence-corrected chi connectivity index (χ3v) is 4.45. The van der Waals surface area contributed by atoms with E-state index < -0.39 is 12.0 Å². The van der Waals surface area contributed by atoms with Crippen molar-refractivity contribution in [3.8, 4) is 0 Å². The number of carbonyl (C=O) groups is 2. The van der Waals surface area contributed by atoms with E-state index in [1.54, 1.807) is 0 Å². The molecule has 0 radical (unpaired) electrons. The second kappa shape index (κ2) is 6.40. The van der Waals surface area contributed by atoms with Crippen LogP contribution in [0.25, 0.3) is 11.0 Å². The highest BCUT2D eigenvalue weighted by molar-refractivity contribution is 5.84. The van der Waals surface area contributed by atoms with Crippen LogP contribution in [0.3, 0.4) is 0 Å². The summed E-state index contributed by atoms with van der Waals surface area (Å²) in [5, 5.41) is 9.26. The maximum absolute atomic E-state index is 12.4. The van der Waals surface area contributed by atoms with Crippen LogP contribution >= 0.6 is 0 Å². The van der Waals surface area contributed by atoms with E-state index in [9.17, 15) is 14.7 Å². The molecule has 6 nitrogen and oxygen atoms in total. The molecule has 122 valence electrons. The number of aliphatic carboxylic acids is 1. The summed E-state index contributed by atoms with van der Waals surface area (Å²) in [6.07, 6.45) is 3.06. The van der Waals surface area contributed by atoms with Gasteiger partial charge in [0.15, 0.2) is 0 Å². The first kappa shape index (κ1) is 15.5. The van der Waals surface area contributed by atoms with Crippen LogP contribution in [0.1, 0.15) is 37.1 Å². The van der Waals surface area contributed by atoms with Crippen molar-refractivity contribution in [1.82, 2.24) is 14.9 Å². The summed E-state index contributed by atoms with van der Waals surface area (Å²) in [4.78, 5) is 33.0. The SMILES string of the molecule is Cc1cccc2[nH]c(CCC(=O)N3CCCCC3C(=O)O)nc12. The summed E-state index contributed by atoms with van der Waals surface area (Å²) in [7, 11) is 0. The number of hydrogen-bond donors (Lipinski definition) is 2. The molecule has 1 aromatic heterocycles. The van der Waals surface area contributed by atoms with Gasteiger partial charge in [0, 0.05) is 19.4 Å². The summed E-state index contributed by atoms with van der Waals surface area (Å²) in [6.45, 7) is 2.54. The van der Waals surface area contributed by atoms with Crippen LogP contribution in [0.5, 0.6) is 0 Å². The van der Waals surface area contributed by atoms with Crippen molar-refractivity contribution in [2.75, 3.05) is 6.54 Å². The third kappa shape index (κ3) is 3.21. The van der Waals surface area contributed by atoms with Crippen molar-refractivity contribution < 1.29 is 14.7 Å². The molecule has 1 aliphatic heterocycles. The molecule has 0 bridgehead atoms. The molecule has 2 N–H and O–H groups in total. The maximum Gasteiger partial charge on any atom is 0.326 e. The Morgan fingerprint density at radius 2 is 2.22 bits per heavy atom. The molecule has 23 heavy (non-hydrogen) atoms. The van der Waals surface area contributed by atoms with Gasteiger partial charge < -0.3 is 15.0 Å². The number of nitrogens with zero attached hydrogens (tertiary/aromatic N) is 2. The average Bonchev–Trinajstić information content (AvgIpc) is 2.97. The van der Waals surface area contributed by atoms with Crippen LogP contribution in [-0.4, -0.2) is 44.4 Å². The second-order valence-electron chi connectivity index (χ2n) is 6.09. The summed E-state index contributed by atoms with van der Waals surface area (Å²) < 4.78 is 0. The number of imidazole rings is 1. The molecule has 1 amide bonds. The molecular formula is C17H21N3O3. The lowest BCUT2D eigenvalue weighted by molar-refractivity contribution is -0.152. The van der Waals surface area contributed by atoms with Crippen molar-refractivity contribution in [2.24, 2.45) is 0 Å². The summed E-state index contributed by atoms with van der Waals surface area (Å²) >= 11 is 0. The Hall–Kier alpha value is -2.37. The van der Waals surface area contributed by atoms with Crippen LogP contribution in [0, 0.1) is 6.92 Å². The number of piperidine rings is 1. The van der Waals surface area contributed by atoms with Gasteiger partial charge in [0.05, 0.1) is 11.0 Å². The molecule has 1 aromatic carbocycles. The highest BCUT2D eigenvalue weighted by atomic mass is 16.4. The molecule has 1 unspecified atom stereocenters. The maximum atomic E-state index is 12.4. The number of para-hydroxylation sites is 1. The first-order valence-electron chi connectivity index (χ1n) is 8.03. The van der Waals surface area contributed by atoms with E-state index in [4.69, 9.17) is 0 Å². The molecule has 1 aliphatic rings. The van der Waals surface area contributed by atoms with Gasteiger partial charge in [-0.1, -0.05) is 12.1 Å². The Bertz CT molecular complexity index is 738. The van der Waals surface area contributed by atoms with Gasteiger partial charge in [-0.2, -0.15) is 0 Å². The number of aromatic nitrogens is 2. The van der Waals surface area contributed by atoms with Gasteiger partial charge in [-0.05, 0) is 37.8 Å². The van der Waals surface area contributed by atoms with E-state index in [2.05, 4.69) is 9.97 Å². The Kier molecular flexibility index (Phi) is 4.32. The summed E-state index contributed by atoms with van der Waals surface area (Å²) in [6, 6.07) is 5.26. The number of carbonyl (C=O) groups excluding carboxylic acids is 1. The van der Waals surface area contributed by atoms with Crippen molar-refractivity contribution in [1.29, 1.82) is 0 Å². The van der Waals surface area contributed by atoms with Crippen molar-refractivity contribution >= 4 is 22.9 Å². The molecule has 1 fully saturated rings. The largest absolute Gasteiger partial charge is 0.480 e. The predicted octanol–water partition coefficient (Wildman–Crippen LogP) is 2.27. The number of rotatable bonds is 4. The molecule has 1 atom stereocenters. The third-order valence-electron chi connectivity index (χ3n) is 4.45. The van der Waals surface area contributed by atoms with E-state index in [1.807, 2.05) is 25.1 Å². The van der Waals surface area contributed by atoms with E-state index >= 15 is 0 Å². The zero-order valence-corrected chi connectivity index (χ0v) is 13.2. The van der Waals surface area contributed by atoms with Crippen molar-refractivity contribution in [3.05, 3.63) is 29.6 Å². The molecule has 3 rings (SSSR count). The van der Waals surface area contributed by atoms with Gasteiger partial charge in [0.2, 0.25) is 5.91 Å². The minimum Gasteiger partial charge on any atom is -0.480 e. The van der Waals surface area contributed by atoms with E-state index in [0.717, 1.165) is 35.3 Å². The zero-order chi connectivity index (χ0) is 16.4. The van der Waals surface area contributed by atoms with Gasteiger partial charge >= 0.3 is 5.97 Å². The van der Waals surface area contributed by atoms with E-state index in [0.29, 0.717) is 19.4 Å². The summed E-state index contributed by atoms with van der Waals surface area (Å²) in [5.41, 5.74) is 2.99. The highest BCUT2D eigenvalue weighted by Crippen LogP contribution is 2.20. The number of aromatic amines is 1. The smallest absolute Gasteiger partial charge is 0.326 e. The monoisotopic (exact) mass is 315 g/mol. The van der Waals surface area contributed by atoms with E-state index in [-0.39, 0.29) is 12.3 Å². The fraction of sp³-hybridized carbons (Fsp3) is 0.471. The van der Waals surface area contributed by atoms with Crippen LogP contribution in [0.15, 0.2) is 18.2 Å². The van der Waals surface area contributed by atoms with Crippen molar-refractivity contribution in [3.63, 3.8) is 0 Å². The van der Waals surface area contributed by atoms with Crippen molar-refractivity contribution in [2.45, 2.75) is 45.1 Å². The zero-order valence-electron chi connectivity index (χ0n) is 13.2. The second-order valence-corrected chi connectivity index (χ2v) is 6.09.